The van der Waals surface area contributed by atoms with Crippen molar-refractivity contribution in [3.8, 4) is 0 Å². The van der Waals surface area contributed by atoms with Gasteiger partial charge in [0.2, 0.25) is 0 Å². The molecule has 1 aliphatic carbocycles. The zero-order valence-electron chi connectivity index (χ0n) is 10.9. The monoisotopic (exact) mass is 234 g/mol. The van der Waals surface area contributed by atoms with Gasteiger partial charge in [-0.05, 0) is 31.6 Å². The molecule has 0 radical (unpaired) electrons. The number of benzene rings is 1. The highest BCUT2D eigenvalue weighted by Crippen LogP contribution is 2.33. The lowest BCUT2D eigenvalue weighted by Crippen LogP contribution is -2.41. The molecule has 2 unspecified atom stereocenters. The molecule has 1 aliphatic rings. The standard InChI is InChI=1S/C14H22N2O/c1-15-14-12-7-5-4-6-11(12)10-13(14)16(2)8-9-17-3/h4-7,13-15H,8-10H2,1-3H3. The SMILES string of the molecule is CNC1c2ccccc2CC1N(C)CCOC. The van der Waals surface area contributed by atoms with Crippen LogP contribution in [0.5, 0.6) is 0 Å². The summed E-state index contributed by atoms with van der Waals surface area (Å²) >= 11 is 0. The number of nitrogens with one attached hydrogen (secondary N) is 1. The van der Waals surface area contributed by atoms with E-state index >= 15 is 0 Å². The lowest BCUT2D eigenvalue weighted by atomic mass is 10.1. The van der Waals surface area contributed by atoms with Gasteiger partial charge in [0, 0.05) is 25.7 Å². The van der Waals surface area contributed by atoms with Crippen molar-refractivity contribution in [3.63, 3.8) is 0 Å². The molecular weight excluding hydrogens is 212 g/mol. The summed E-state index contributed by atoms with van der Waals surface area (Å²) in [6.07, 6.45) is 1.13. The topological polar surface area (TPSA) is 24.5 Å². The van der Waals surface area contributed by atoms with E-state index in [1.54, 1.807) is 7.11 Å². The second-order valence-electron chi connectivity index (χ2n) is 4.71. The molecular formula is C14H22N2O. The molecule has 17 heavy (non-hydrogen) atoms. The van der Waals surface area contributed by atoms with Crippen LogP contribution in [0.15, 0.2) is 24.3 Å². The fraction of sp³-hybridized carbons (Fsp3) is 0.571. The first kappa shape index (κ1) is 12.6. The molecule has 0 amide bonds. The minimum absolute atomic E-state index is 0.438. The minimum Gasteiger partial charge on any atom is -0.383 e. The number of hydrogen-bond donors (Lipinski definition) is 1. The number of hydrogen-bond acceptors (Lipinski definition) is 3. The predicted octanol–water partition coefficient (Wildman–Crippen LogP) is 1.45. The maximum absolute atomic E-state index is 5.16. The Hall–Kier alpha value is -0.900. The Morgan fingerprint density at radius 1 is 1.41 bits per heavy atom. The maximum atomic E-state index is 5.16. The molecule has 2 atom stereocenters. The third kappa shape index (κ3) is 2.51. The number of ether oxygens (including phenoxy) is 1. The number of fused-ring (bicyclic) bond motifs is 1. The van der Waals surface area contributed by atoms with Crippen molar-refractivity contribution in [2.75, 3.05) is 34.4 Å². The van der Waals surface area contributed by atoms with E-state index in [0.717, 1.165) is 19.6 Å². The zero-order valence-corrected chi connectivity index (χ0v) is 10.9. The summed E-state index contributed by atoms with van der Waals surface area (Å²) in [5.41, 5.74) is 2.92. The van der Waals surface area contributed by atoms with Gasteiger partial charge in [0.25, 0.3) is 0 Å². The van der Waals surface area contributed by atoms with Gasteiger partial charge in [0.1, 0.15) is 0 Å². The summed E-state index contributed by atoms with van der Waals surface area (Å²) in [5, 5.41) is 3.45. The Bertz CT molecular complexity index is 367. The highest BCUT2D eigenvalue weighted by molar-refractivity contribution is 5.37. The summed E-state index contributed by atoms with van der Waals surface area (Å²) in [4.78, 5) is 2.39. The van der Waals surface area contributed by atoms with E-state index in [1.165, 1.54) is 11.1 Å². The van der Waals surface area contributed by atoms with Gasteiger partial charge in [-0.2, -0.15) is 0 Å². The van der Waals surface area contributed by atoms with E-state index in [0.29, 0.717) is 12.1 Å². The van der Waals surface area contributed by atoms with Gasteiger partial charge in [-0.15, -0.1) is 0 Å². The molecule has 3 heteroatoms. The van der Waals surface area contributed by atoms with Gasteiger partial charge >= 0.3 is 0 Å². The first-order chi connectivity index (χ1) is 8.27. The second kappa shape index (κ2) is 5.63. The Kier molecular flexibility index (Phi) is 4.15. The van der Waals surface area contributed by atoms with E-state index < -0.39 is 0 Å². The van der Waals surface area contributed by atoms with Gasteiger partial charge in [0.05, 0.1) is 6.61 Å². The number of rotatable bonds is 5. The van der Waals surface area contributed by atoms with Crippen LogP contribution in [0.25, 0.3) is 0 Å². The fourth-order valence-electron chi connectivity index (χ4n) is 2.73. The van der Waals surface area contributed by atoms with E-state index in [9.17, 15) is 0 Å². The fourth-order valence-corrected chi connectivity index (χ4v) is 2.73. The maximum Gasteiger partial charge on any atom is 0.0589 e. The molecule has 1 aromatic rings. The van der Waals surface area contributed by atoms with Gasteiger partial charge in [-0.1, -0.05) is 24.3 Å². The van der Waals surface area contributed by atoms with Gasteiger partial charge in [-0.3, -0.25) is 4.90 Å². The van der Waals surface area contributed by atoms with E-state index in [-0.39, 0.29) is 0 Å². The third-order valence-corrected chi connectivity index (χ3v) is 3.73. The molecule has 0 saturated heterocycles. The van der Waals surface area contributed by atoms with Crippen LogP contribution >= 0.6 is 0 Å². The van der Waals surface area contributed by atoms with Gasteiger partial charge < -0.3 is 10.1 Å². The Morgan fingerprint density at radius 3 is 2.88 bits per heavy atom. The van der Waals surface area contributed by atoms with Crippen LogP contribution in [0, 0.1) is 0 Å². The smallest absolute Gasteiger partial charge is 0.0589 e. The molecule has 0 saturated carbocycles. The molecule has 0 spiro atoms. The average Bonchev–Trinajstić information content (AvgIpc) is 2.74. The normalized spacial score (nSPS) is 23.1. The molecule has 0 aliphatic heterocycles. The summed E-state index contributed by atoms with van der Waals surface area (Å²) in [5.74, 6) is 0. The first-order valence-electron chi connectivity index (χ1n) is 6.22. The van der Waals surface area contributed by atoms with Crippen molar-refractivity contribution >= 4 is 0 Å². The lowest BCUT2D eigenvalue weighted by molar-refractivity contribution is 0.128. The number of nitrogens with zero attached hydrogens (tertiary/aromatic N) is 1. The van der Waals surface area contributed by atoms with E-state index in [2.05, 4.69) is 41.5 Å². The molecule has 94 valence electrons. The lowest BCUT2D eigenvalue weighted by Gasteiger charge is -2.29. The van der Waals surface area contributed by atoms with Crippen LogP contribution in [0.3, 0.4) is 0 Å². The quantitative estimate of drug-likeness (QED) is 0.834. The first-order valence-corrected chi connectivity index (χ1v) is 6.22. The second-order valence-corrected chi connectivity index (χ2v) is 4.71. The van der Waals surface area contributed by atoms with Crippen LogP contribution in [0.2, 0.25) is 0 Å². The Balaban J connectivity index is 2.11. The highest BCUT2D eigenvalue weighted by atomic mass is 16.5. The van der Waals surface area contributed by atoms with Crippen LogP contribution < -0.4 is 5.32 Å². The number of methoxy groups -OCH3 is 1. The predicted molar refractivity (Wildman–Crippen MR) is 70.2 cm³/mol. The van der Waals surface area contributed by atoms with Crippen LogP contribution in [-0.4, -0.2) is 45.3 Å². The molecule has 0 heterocycles. The summed E-state index contributed by atoms with van der Waals surface area (Å²) in [6.45, 7) is 1.77. The number of likely N-dealkylation sites (N-methyl/N-ethyl adjacent to an activating group) is 2. The van der Waals surface area contributed by atoms with Crippen LogP contribution in [0.4, 0.5) is 0 Å². The van der Waals surface area contributed by atoms with Crippen molar-refractivity contribution < 1.29 is 4.74 Å². The molecule has 0 fully saturated rings. The highest BCUT2D eigenvalue weighted by Gasteiger charge is 2.33. The van der Waals surface area contributed by atoms with Crippen LogP contribution in [-0.2, 0) is 11.2 Å². The van der Waals surface area contributed by atoms with Crippen LogP contribution in [0.1, 0.15) is 17.2 Å². The molecule has 0 bridgehead atoms. The van der Waals surface area contributed by atoms with E-state index in [1.807, 2.05) is 7.05 Å². The molecule has 0 aromatic heterocycles. The zero-order chi connectivity index (χ0) is 12.3. The largest absolute Gasteiger partial charge is 0.383 e. The van der Waals surface area contributed by atoms with E-state index in [4.69, 9.17) is 4.74 Å². The van der Waals surface area contributed by atoms with Crippen molar-refractivity contribution in [2.24, 2.45) is 0 Å². The average molecular weight is 234 g/mol. The molecule has 3 nitrogen and oxygen atoms in total. The minimum atomic E-state index is 0.438. The molecule has 1 N–H and O–H groups in total. The summed E-state index contributed by atoms with van der Waals surface area (Å²) in [7, 11) is 5.98. The van der Waals surface area contributed by atoms with Crippen molar-refractivity contribution in [3.05, 3.63) is 35.4 Å². The molecule has 2 rings (SSSR count). The molecule has 1 aromatic carbocycles. The summed E-state index contributed by atoms with van der Waals surface area (Å²) in [6, 6.07) is 9.70. The van der Waals surface area contributed by atoms with Crippen molar-refractivity contribution in [2.45, 2.75) is 18.5 Å². The summed E-state index contributed by atoms with van der Waals surface area (Å²) < 4.78 is 5.16. The van der Waals surface area contributed by atoms with Crippen molar-refractivity contribution in [1.29, 1.82) is 0 Å². The Morgan fingerprint density at radius 2 is 2.18 bits per heavy atom. The van der Waals surface area contributed by atoms with Gasteiger partial charge in [-0.25, -0.2) is 0 Å². The van der Waals surface area contributed by atoms with Crippen molar-refractivity contribution in [1.82, 2.24) is 10.2 Å². The van der Waals surface area contributed by atoms with Gasteiger partial charge in [0.15, 0.2) is 0 Å². The Labute approximate surface area is 104 Å². The third-order valence-electron chi connectivity index (χ3n) is 3.73.